The van der Waals surface area contributed by atoms with Gasteiger partial charge in [-0.2, -0.15) is 0 Å². The Hall–Kier alpha value is -7.21. The van der Waals surface area contributed by atoms with Crippen LogP contribution in [0.5, 0.6) is 0 Å². The average molecular weight is 734 g/mol. The number of rotatable bonds is 6. The van der Waals surface area contributed by atoms with Crippen LogP contribution >= 0.6 is 11.3 Å². The number of hydrogen-bond donors (Lipinski definition) is 0. The predicted molar refractivity (Wildman–Crippen MR) is 233 cm³/mol. The summed E-state index contributed by atoms with van der Waals surface area (Å²) in [5, 5.41) is 4.66. The summed E-state index contributed by atoms with van der Waals surface area (Å²) in [4.78, 5) is 15.9. The highest BCUT2D eigenvalue weighted by Crippen LogP contribution is 2.41. The van der Waals surface area contributed by atoms with Crippen molar-refractivity contribution in [1.29, 1.82) is 0 Å². The topological polar surface area (TPSA) is 51.8 Å². The summed E-state index contributed by atoms with van der Waals surface area (Å²) in [6, 6.07) is 65.6. The molecule has 0 aliphatic rings. The number of nitrogens with zero attached hydrogens (tertiary/aromatic N) is 3. The molecule has 0 radical (unpaired) electrons. The van der Waals surface area contributed by atoms with E-state index in [0.29, 0.717) is 17.5 Å². The van der Waals surface area contributed by atoms with Crippen molar-refractivity contribution in [3.8, 4) is 67.5 Å². The monoisotopic (exact) mass is 733 g/mol. The molecule has 0 amide bonds. The standard InChI is InChI=1S/C51H31N3OS/c1-3-13-32(14-4-1)36-29-30-37(33-15-5-2-6-16-33)44(31-36)51-53-49(52-50(54-51)43-22-12-21-42-40-18-8-10-24-46(40)56-48(42)43)35-27-25-34(26-28-35)38-19-11-20-41-39-17-7-9-23-45(39)55-47(38)41/h1-31H. The first-order valence-corrected chi connectivity index (χ1v) is 19.5. The first-order chi connectivity index (χ1) is 27.7. The second-order valence-corrected chi connectivity index (χ2v) is 15.0. The first-order valence-electron chi connectivity index (χ1n) is 18.7. The molecular weight excluding hydrogens is 703 g/mol. The molecule has 0 N–H and O–H groups in total. The van der Waals surface area contributed by atoms with E-state index in [-0.39, 0.29) is 0 Å². The van der Waals surface area contributed by atoms with E-state index in [9.17, 15) is 0 Å². The molecule has 3 heterocycles. The molecule has 11 rings (SSSR count). The Bertz CT molecular complexity index is 3240. The zero-order chi connectivity index (χ0) is 37.0. The van der Waals surface area contributed by atoms with Gasteiger partial charge in [0.25, 0.3) is 0 Å². The highest BCUT2D eigenvalue weighted by Gasteiger charge is 2.20. The third kappa shape index (κ3) is 5.48. The van der Waals surface area contributed by atoms with Gasteiger partial charge in [-0.3, -0.25) is 0 Å². The molecule has 56 heavy (non-hydrogen) atoms. The van der Waals surface area contributed by atoms with Gasteiger partial charge < -0.3 is 4.42 Å². The number of aromatic nitrogens is 3. The van der Waals surface area contributed by atoms with Gasteiger partial charge in [0.05, 0.1) is 0 Å². The molecular formula is C51H31N3OS. The highest BCUT2D eigenvalue weighted by atomic mass is 32.1. The molecule has 5 heteroatoms. The molecule has 0 fully saturated rings. The summed E-state index contributed by atoms with van der Waals surface area (Å²) in [6.45, 7) is 0. The predicted octanol–water partition coefficient (Wildman–Crippen LogP) is 14.1. The molecule has 11 aromatic rings. The van der Waals surface area contributed by atoms with Crippen molar-refractivity contribution in [2.45, 2.75) is 0 Å². The zero-order valence-electron chi connectivity index (χ0n) is 30.1. The van der Waals surface area contributed by atoms with Crippen molar-refractivity contribution >= 4 is 53.4 Å². The number of fused-ring (bicyclic) bond motifs is 6. The van der Waals surface area contributed by atoms with Gasteiger partial charge in [-0.05, 0) is 52.1 Å². The molecule has 0 unspecified atom stereocenters. The van der Waals surface area contributed by atoms with Crippen LogP contribution in [0.4, 0.5) is 0 Å². The summed E-state index contributed by atoms with van der Waals surface area (Å²) in [6.07, 6.45) is 0. The Morgan fingerprint density at radius 3 is 1.71 bits per heavy atom. The number of para-hydroxylation sites is 2. The number of hydrogen-bond acceptors (Lipinski definition) is 5. The fraction of sp³-hybridized carbons (Fsp3) is 0. The second-order valence-electron chi connectivity index (χ2n) is 13.9. The van der Waals surface area contributed by atoms with E-state index in [1.165, 1.54) is 15.5 Å². The summed E-state index contributed by atoms with van der Waals surface area (Å²) in [5.74, 6) is 1.87. The molecule has 0 aliphatic carbocycles. The average Bonchev–Trinajstić information content (AvgIpc) is 3.86. The molecule has 0 aliphatic heterocycles. The Morgan fingerprint density at radius 2 is 0.911 bits per heavy atom. The minimum atomic E-state index is 0.612. The van der Waals surface area contributed by atoms with E-state index in [2.05, 4.69) is 164 Å². The summed E-state index contributed by atoms with van der Waals surface area (Å²) < 4.78 is 8.79. The second kappa shape index (κ2) is 13.3. The van der Waals surface area contributed by atoms with Gasteiger partial charge in [0.1, 0.15) is 11.2 Å². The van der Waals surface area contributed by atoms with Gasteiger partial charge in [0.15, 0.2) is 17.5 Å². The van der Waals surface area contributed by atoms with Crippen molar-refractivity contribution in [3.05, 3.63) is 188 Å². The number of furan rings is 1. The number of thiophene rings is 1. The summed E-state index contributed by atoms with van der Waals surface area (Å²) >= 11 is 1.78. The Morgan fingerprint density at radius 1 is 0.339 bits per heavy atom. The van der Waals surface area contributed by atoms with Crippen LogP contribution in [0.1, 0.15) is 0 Å². The quantitative estimate of drug-likeness (QED) is 0.171. The highest BCUT2D eigenvalue weighted by molar-refractivity contribution is 7.26. The van der Waals surface area contributed by atoms with Crippen molar-refractivity contribution in [2.75, 3.05) is 0 Å². The fourth-order valence-corrected chi connectivity index (χ4v) is 9.06. The molecule has 0 spiro atoms. The van der Waals surface area contributed by atoms with Gasteiger partial charge in [0, 0.05) is 53.2 Å². The molecule has 0 bridgehead atoms. The van der Waals surface area contributed by atoms with Crippen LogP contribution in [0.15, 0.2) is 192 Å². The van der Waals surface area contributed by atoms with Gasteiger partial charge in [0.2, 0.25) is 0 Å². The maximum absolute atomic E-state index is 6.40. The molecule has 4 nitrogen and oxygen atoms in total. The molecule has 3 aromatic heterocycles. The third-order valence-electron chi connectivity index (χ3n) is 10.6. The SMILES string of the molecule is c1ccc(-c2ccc(-c3ccccc3)c(-c3nc(-c4ccc(-c5cccc6c5oc5ccccc56)cc4)nc(-c4cccc5c4sc4ccccc45)n3)c2)cc1. The van der Waals surface area contributed by atoms with Crippen LogP contribution in [-0.4, -0.2) is 15.0 Å². The summed E-state index contributed by atoms with van der Waals surface area (Å²) in [5.41, 5.74) is 11.1. The van der Waals surface area contributed by atoms with Gasteiger partial charge in [-0.15, -0.1) is 11.3 Å². The maximum Gasteiger partial charge on any atom is 0.165 e. The van der Waals surface area contributed by atoms with Crippen LogP contribution in [-0.2, 0) is 0 Å². The van der Waals surface area contributed by atoms with Gasteiger partial charge in [-0.1, -0.05) is 164 Å². The van der Waals surface area contributed by atoms with Crippen LogP contribution < -0.4 is 0 Å². The minimum Gasteiger partial charge on any atom is -0.455 e. The van der Waals surface area contributed by atoms with E-state index in [4.69, 9.17) is 19.4 Å². The molecule has 0 saturated carbocycles. The fourth-order valence-electron chi connectivity index (χ4n) is 7.85. The van der Waals surface area contributed by atoms with Crippen LogP contribution in [0.3, 0.4) is 0 Å². The molecule has 8 aromatic carbocycles. The third-order valence-corrected chi connectivity index (χ3v) is 11.8. The Labute approximate surface area is 327 Å². The molecule has 0 saturated heterocycles. The van der Waals surface area contributed by atoms with E-state index in [1.807, 2.05) is 24.3 Å². The van der Waals surface area contributed by atoms with Gasteiger partial charge in [-0.25, -0.2) is 15.0 Å². The normalized spacial score (nSPS) is 11.6. The number of benzene rings is 8. The van der Waals surface area contributed by atoms with Crippen molar-refractivity contribution < 1.29 is 4.42 Å². The summed E-state index contributed by atoms with van der Waals surface area (Å²) in [7, 11) is 0. The Balaban J connectivity index is 1.12. The zero-order valence-corrected chi connectivity index (χ0v) is 30.9. The van der Waals surface area contributed by atoms with Crippen molar-refractivity contribution in [2.24, 2.45) is 0 Å². The lowest BCUT2D eigenvalue weighted by Crippen LogP contribution is -2.01. The molecule has 262 valence electrons. The van der Waals surface area contributed by atoms with Crippen LogP contribution in [0, 0.1) is 0 Å². The first kappa shape index (κ1) is 32.2. The lowest BCUT2D eigenvalue weighted by atomic mass is 9.94. The van der Waals surface area contributed by atoms with Crippen molar-refractivity contribution in [3.63, 3.8) is 0 Å². The van der Waals surface area contributed by atoms with Gasteiger partial charge >= 0.3 is 0 Å². The van der Waals surface area contributed by atoms with E-state index >= 15 is 0 Å². The maximum atomic E-state index is 6.40. The van der Waals surface area contributed by atoms with Crippen LogP contribution in [0.2, 0.25) is 0 Å². The van der Waals surface area contributed by atoms with Crippen molar-refractivity contribution in [1.82, 2.24) is 15.0 Å². The van der Waals surface area contributed by atoms with E-state index < -0.39 is 0 Å². The minimum absolute atomic E-state index is 0.612. The lowest BCUT2D eigenvalue weighted by molar-refractivity contribution is 0.670. The molecule has 0 atom stereocenters. The smallest absolute Gasteiger partial charge is 0.165 e. The Kier molecular flexibility index (Phi) is 7.64. The van der Waals surface area contributed by atoms with E-state index in [1.54, 1.807) is 11.3 Å². The van der Waals surface area contributed by atoms with Crippen LogP contribution in [0.25, 0.3) is 110 Å². The largest absolute Gasteiger partial charge is 0.455 e. The lowest BCUT2D eigenvalue weighted by Gasteiger charge is -2.14. The van der Waals surface area contributed by atoms with E-state index in [0.717, 1.165) is 76.7 Å².